The highest BCUT2D eigenvalue weighted by Gasteiger charge is 2.28. The van der Waals surface area contributed by atoms with E-state index < -0.39 is 10.0 Å². The molecule has 4 aromatic rings. The SMILES string of the molecule is Cc1cc(C)c2cc(CN(Cc3ccc4c(c3)OCO4)S(=O)(=O)c3cc(Cl)ccc3C)c(=O)[nH]c2c1. The van der Waals surface area contributed by atoms with Gasteiger partial charge < -0.3 is 14.5 Å². The molecule has 1 aromatic heterocycles. The van der Waals surface area contributed by atoms with E-state index in [0.29, 0.717) is 33.2 Å². The largest absolute Gasteiger partial charge is 0.454 e. The third-order valence-corrected chi connectivity index (χ3v) is 8.47. The van der Waals surface area contributed by atoms with Gasteiger partial charge in [-0.25, -0.2) is 8.42 Å². The molecule has 0 radical (unpaired) electrons. The van der Waals surface area contributed by atoms with Gasteiger partial charge in [-0.2, -0.15) is 4.31 Å². The highest BCUT2D eigenvalue weighted by molar-refractivity contribution is 7.89. The first-order valence-electron chi connectivity index (χ1n) is 11.4. The Balaban J connectivity index is 1.61. The quantitative estimate of drug-likeness (QED) is 0.373. The van der Waals surface area contributed by atoms with Crippen LogP contribution in [0.2, 0.25) is 5.02 Å². The van der Waals surface area contributed by atoms with Gasteiger partial charge >= 0.3 is 0 Å². The van der Waals surface area contributed by atoms with Gasteiger partial charge in [-0.05, 0) is 79.4 Å². The number of benzene rings is 3. The van der Waals surface area contributed by atoms with Crippen LogP contribution < -0.4 is 15.0 Å². The average molecular weight is 525 g/mol. The van der Waals surface area contributed by atoms with Gasteiger partial charge in [0.2, 0.25) is 16.8 Å². The average Bonchev–Trinajstić information content (AvgIpc) is 3.28. The van der Waals surface area contributed by atoms with Crippen LogP contribution in [0, 0.1) is 20.8 Å². The van der Waals surface area contributed by atoms with Gasteiger partial charge in [-0.15, -0.1) is 0 Å². The molecule has 0 saturated heterocycles. The first-order valence-corrected chi connectivity index (χ1v) is 13.2. The van der Waals surface area contributed by atoms with E-state index in [1.165, 1.54) is 10.4 Å². The van der Waals surface area contributed by atoms with Crippen molar-refractivity contribution >= 4 is 32.5 Å². The number of nitrogens with one attached hydrogen (secondary N) is 1. The van der Waals surface area contributed by atoms with Crippen LogP contribution in [0.15, 0.2) is 64.3 Å². The fourth-order valence-electron chi connectivity index (χ4n) is 4.48. The fraction of sp³-hybridized carbons (Fsp3) is 0.222. The van der Waals surface area contributed by atoms with Crippen LogP contribution in [0.25, 0.3) is 10.9 Å². The smallest absolute Gasteiger partial charge is 0.252 e. The third-order valence-electron chi connectivity index (χ3n) is 6.30. The molecule has 0 fully saturated rings. The highest BCUT2D eigenvalue weighted by Crippen LogP contribution is 2.34. The minimum Gasteiger partial charge on any atom is -0.454 e. The van der Waals surface area contributed by atoms with Gasteiger partial charge in [0.05, 0.1) is 4.90 Å². The maximum absolute atomic E-state index is 13.9. The highest BCUT2D eigenvalue weighted by atomic mass is 35.5. The molecule has 36 heavy (non-hydrogen) atoms. The molecule has 0 bridgehead atoms. The lowest BCUT2D eigenvalue weighted by molar-refractivity contribution is 0.174. The van der Waals surface area contributed by atoms with E-state index in [4.69, 9.17) is 21.1 Å². The number of fused-ring (bicyclic) bond motifs is 2. The summed E-state index contributed by atoms with van der Waals surface area (Å²) in [6.45, 7) is 5.67. The number of halogens is 1. The minimum atomic E-state index is -4.03. The number of aryl methyl sites for hydroxylation is 3. The molecule has 0 atom stereocenters. The molecule has 5 rings (SSSR count). The van der Waals surface area contributed by atoms with Crippen molar-refractivity contribution in [2.75, 3.05) is 6.79 Å². The molecule has 0 spiro atoms. The summed E-state index contributed by atoms with van der Waals surface area (Å²) in [6, 6.07) is 15.8. The Morgan fingerprint density at radius 2 is 1.69 bits per heavy atom. The summed E-state index contributed by atoms with van der Waals surface area (Å²) in [5.74, 6) is 1.16. The van der Waals surface area contributed by atoms with Crippen molar-refractivity contribution in [2.24, 2.45) is 0 Å². The number of pyridine rings is 1. The molecule has 0 aliphatic carbocycles. The lowest BCUT2D eigenvalue weighted by atomic mass is 10.0. The van der Waals surface area contributed by atoms with Crippen molar-refractivity contribution in [3.05, 3.63) is 97.8 Å². The molecule has 0 amide bonds. The maximum atomic E-state index is 13.9. The summed E-state index contributed by atoms with van der Waals surface area (Å²) in [5, 5.41) is 1.19. The molecule has 186 valence electrons. The number of sulfonamides is 1. The molecule has 1 N–H and O–H groups in total. The molecule has 0 unspecified atom stereocenters. The lowest BCUT2D eigenvalue weighted by Crippen LogP contribution is -2.33. The standard InChI is InChI=1S/C27H25ClN2O5S/c1-16-8-18(3)22-11-20(27(31)29-23(22)9-16)14-30(13-19-5-7-24-25(10-19)35-15-34-24)36(32,33)26-12-21(28)6-4-17(26)2/h4-12H,13-15H2,1-3H3,(H,29,31). The zero-order chi connectivity index (χ0) is 25.6. The molecule has 1 aliphatic rings. The number of rotatable bonds is 6. The molecule has 3 aromatic carbocycles. The molecular formula is C27H25ClN2O5S. The number of hydrogen-bond acceptors (Lipinski definition) is 5. The van der Waals surface area contributed by atoms with Crippen LogP contribution in [-0.2, 0) is 23.1 Å². The van der Waals surface area contributed by atoms with Crippen molar-refractivity contribution in [3.8, 4) is 11.5 Å². The van der Waals surface area contributed by atoms with Crippen LogP contribution in [0.3, 0.4) is 0 Å². The zero-order valence-corrected chi connectivity index (χ0v) is 21.7. The third kappa shape index (κ3) is 4.59. The van der Waals surface area contributed by atoms with Gasteiger partial charge in [0.15, 0.2) is 11.5 Å². The zero-order valence-electron chi connectivity index (χ0n) is 20.1. The number of hydrogen-bond donors (Lipinski definition) is 1. The normalized spacial score (nSPS) is 13.0. The van der Waals surface area contributed by atoms with Crippen molar-refractivity contribution in [1.29, 1.82) is 0 Å². The number of aromatic nitrogens is 1. The first kappa shape index (κ1) is 24.4. The number of ether oxygens (including phenoxy) is 2. The monoisotopic (exact) mass is 524 g/mol. The molecule has 1 aliphatic heterocycles. The maximum Gasteiger partial charge on any atom is 0.252 e. The van der Waals surface area contributed by atoms with Gasteiger partial charge in [0.25, 0.3) is 5.56 Å². The van der Waals surface area contributed by atoms with E-state index >= 15 is 0 Å². The van der Waals surface area contributed by atoms with Gasteiger partial charge in [-0.1, -0.05) is 29.8 Å². The molecule has 7 nitrogen and oxygen atoms in total. The summed E-state index contributed by atoms with van der Waals surface area (Å²) in [5.41, 5.74) is 4.03. The molecule has 0 saturated carbocycles. The topological polar surface area (TPSA) is 88.7 Å². The van der Waals surface area contributed by atoms with Crippen LogP contribution in [0.4, 0.5) is 0 Å². The molecular weight excluding hydrogens is 500 g/mol. The fourth-order valence-corrected chi connectivity index (χ4v) is 6.38. The van der Waals surface area contributed by atoms with Crippen molar-refractivity contribution in [2.45, 2.75) is 38.8 Å². The van der Waals surface area contributed by atoms with E-state index in [-0.39, 0.29) is 30.3 Å². The molecule has 2 heterocycles. The Morgan fingerprint density at radius 1 is 0.917 bits per heavy atom. The first-order chi connectivity index (χ1) is 17.1. The second-order valence-corrected chi connectivity index (χ2v) is 11.4. The Kier molecular flexibility index (Phi) is 6.28. The van der Waals surface area contributed by atoms with Crippen LogP contribution in [-0.4, -0.2) is 24.5 Å². The van der Waals surface area contributed by atoms with Crippen molar-refractivity contribution < 1.29 is 17.9 Å². The van der Waals surface area contributed by atoms with Crippen LogP contribution in [0.5, 0.6) is 11.5 Å². The predicted octanol–water partition coefficient (Wildman–Crippen LogP) is 5.23. The van der Waals surface area contributed by atoms with Gasteiger partial charge in [-0.3, -0.25) is 4.79 Å². The van der Waals surface area contributed by atoms with Gasteiger partial charge in [0.1, 0.15) is 0 Å². The van der Waals surface area contributed by atoms with Crippen molar-refractivity contribution in [1.82, 2.24) is 9.29 Å². The van der Waals surface area contributed by atoms with E-state index in [0.717, 1.165) is 22.0 Å². The number of aromatic amines is 1. The second kappa shape index (κ2) is 9.28. The summed E-state index contributed by atoms with van der Waals surface area (Å²) in [6.07, 6.45) is 0. The summed E-state index contributed by atoms with van der Waals surface area (Å²) in [4.78, 5) is 16.1. The van der Waals surface area contributed by atoms with E-state index in [2.05, 4.69) is 4.98 Å². The Morgan fingerprint density at radius 3 is 2.50 bits per heavy atom. The second-order valence-electron chi connectivity index (χ2n) is 9.04. The molecule has 9 heteroatoms. The van der Waals surface area contributed by atoms with Crippen LogP contribution >= 0.6 is 11.6 Å². The summed E-state index contributed by atoms with van der Waals surface area (Å²) < 4.78 is 40.0. The van der Waals surface area contributed by atoms with E-state index in [1.807, 2.05) is 26.0 Å². The lowest BCUT2D eigenvalue weighted by Gasteiger charge is -2.24. The summed E-state index contributed by atoms with van der Waals surface area (Å²) >= 11 is 6.16. The van der Waals surface area contributed by atoms with Crippen LogP contribution in [0.1, 0.15) is 27.8 Å². The van der Waals surface area contributed by atoms with E-state index in [9.17, 15) is 13.2 Å². The Labute approximate surface area is 214 Å². The summed E-state index contributed by atoms with van der Waals surface area (Å²) in [7, 11) is -4.03. The predicted molar refractivity (Wildman–Crippen MR) is 139 cm³/mol. The van der Waals surface area contributed by atoms with E-state index in [1.54, 1.807) is 43.3 Å². The van der Waals surface area contributed by atoms with Crippen molar-refractivity contribution in [3.63, 3.8) is 0 Å². The Bertz CT molecular complexity index is 1660. The number of H-pyrrole nitrogens is 1. The minimum absolute atomic E-state index is 0.0231. The Hall–Kier alpha value is -3.33. The number of nitrogens with zero attached hydrogens (tertiary/aromatic N) is 1. The van der Waals surface area contributed by atoms with Gasteiger partial charge in [0, 0.05) is 34.6 Å².